The van der Waals surface area contributed by atoms with Crippen LogP contribution in [0.1, 0.15) is 5.56 Å². The summed E-state index contributed by atoms with van der Waals surface area (Å²) >= 11 is 6.06. The molecular weight excluding hydrogens is 264 g/mol. The molecule has 0 bridgehead atoms. The average molecular weight is 279 g/mol. The SMILES string of the molecule is COc1ccc(OC)c(CNc2cnccc2Cl)c1. The van der Waals surface area contributed by atoms with Gasteiger partial charge in [-0.2, -0.15) is 0 Å². The summed E-state index contributed by atoms with van der Waals surface area (Å²) in [5, 5.41) is 3.86. The van der Waals surface area contributed by atoms with Crippen molar-refractivity contribution in [3.05, 3.63) is 47.2 Å². The van der Waals surface area contributed by atoms with Crippen molar-refractivity contribution in [3.8, 4) is 11.5 Å². The molecule has 1 aromatic heterocycles. The molecule has 0 saturated heterocycles. The van der Waals surface area contributed by atoms with Crippen LogP contribution in [0, 0.1) is 0 Å². The van der Waals surface area contributed by atoms with Crippen molar-refractivity contribution in [1.82, 2.24) is 4.98 Å². The third kappa shape index (κ3) is 3.29. The highest BCUT2D eigenvalue weighted by molar-refractivity contribution is 6.33. The molecule has 0 spiro atoms. The summed E-state index contributed by atoms with van der Waals surface area (Å²) in [4.78, 5) is 4.03. The van der Waals surface area contributed by atoms with Gasteiger partial charge in [0.2, 0.25) is 0 Å². The lowest BCUT2D eigenvalue weighted by atomic mass is 10.2. The summed E-state index contributed by atoms with van der Waals surface area (Å²) in [6.07, 6.45) is 3.34. The maximum Gasteiger partial charge on any atom is 0.124 e. The van der Waals surface area contributed by atoms with Gasteiger partial charge in [0.15, 0.2) is 0 Å². The summed E-state index contributed by atoms with van der Waals surface area (Å²) in [5.74, 6) is 1.59. The van der Waals surface area contributed by atoms with Gasteiger partial charge in [0.25, 0.3) is 0 Å². The van der Waals surface area contributed by atoms with Crippen LogP contribution in [-0.4, -0.2) is 19.2 Å². The van der Waals surface area contributed by atoms with Crippen molar-refractivity contribution in [2.75, 3.05) is 19.5 Å². The van der Waals surface area contributed by atoms with E-state index in [0.717, 1.165) is 22.7 Å². The number of halogens is 1. The second-order valence-corrected chi connectivity index (χ2v) is 4.29. The molecule has 19 heavy (non-hydrogen) atoms. The maximum atomic E-state index is 6.06. The number of benzene rings is 1. The summed E-state index contributed by atoms with van der Waals surface area (Å²) in [5.41, 5.74) is 1.77. The Labute approximate surface area is 117 Å². The summed E-state index contributed by atoms with van der Waals surface area (Å²) in [7, 11) is 3.28. The van der Waals surface area contributed by atoms with E-state index in [2.05, 4.69) is 10.3 Å². The molecule has 0 aliphatic carbocycles. The maximum absolute atomic E-state index is 6.06. The first kappa shape index (κ1) is 13.5. The minimum absolute atomic E-state index is 0.575. The number of anilines is 1. The zero-order valence-electron chi connectivity index (χ0n) is 10.8. The molecule has 1 N–H and O–H groups in total. The number of ether oxygens (including phenoxy) is 2. The molecule has 2 rings (SSSR count). The summed E-state index contributed by atoms with van der Waals surface area (Å²) in [6.45, 7) is 0.575. The van der Waals surface area contributed by atoms with Gasteiger partial charge in [-0.15, -0.1) is 0 Å². The second kappa shape index (κ2) is 6.29. The molecule has 1 heterocycles. The molecule has 5 heteroatoms. The van der Waals surface area contributed by atoms with Gasteiger partial charge in [-0.25, -0.2) is 0 Å². The fraction of sp³-hybridized carbons (Fsp3) is 0.214. The summed E-state index contributed by atoms with van der Waals surface area (Å²) in [6, 6.07) is 7.41. The van der Waals surface area contributed by atoms with Crippen molar-refractivity contribution in [2.45, 2.75) is 6.54 Å². The molecule has 1 aromatic carbocycles. The van der Waals surface area contributed by atoms with Crippen LogP contribution in [0.2, 0.25) is 5.02 Å². The van der Waals surface area contributed by atoms with Crippen molar-refractivity contribution in [2.24, 2.45) is 0 Å². The van der Waals surface area contributed by atoms with Crippen LogP contribution < -0.4 is 14.8 Å². The Hall–Kier alpha value is -1.94. The number of hydrogen-bond donors (Lipinski definition) is 1. The van der Waals surface area contributed by atoms with E-state index in [1.807, 2.05) is 18.2 Å². The van der Waals surface area contributed by atoms with E-state index in [4.69, 9.17) is 21.1 Å². The van der Waals surface area contributed by atoms with E-state index in [1.54, 1.807) is 32.7 Å². The van der Waals surface area contributed by atoms with Crippen LogP contribution in [0.5, 0.6) is 11.5 Å². The Kier molecular flexibility index (Phi) is 4.47. The predicted molar refractivity (Wildman–Crippen MR) is 76.1 cm³/mol. The molecule has 0 aliphatic rings. The Morgan fingerprint density at radius 2 is 2.05 bits per heavy atom. The lowest BCUT2D eigenvalue weighted by Gasteiger charge is -2.12. The molecule has 0 radical (unpaired) electrons. The highest BCUT2D eigenvalue weighted by atomic mass is 35.5. The second-order valence-electron chi connectivity index (χ2n) is 3.89. The van der Waals surface area contributed by atoms with Crippen LogP contribution in [-0.2, 0) is 6.54 Å². The number of rotatable bonds is 5. The van der Waals surface area contributed by atoms with E-state index in [-0.39, 0.29) is 0 Å². The van der Waals surface area contributed by atoms with E-state index in [9.17, 15) is 0 Å². The first-order chi connectivity index (χ1) is 9.24. The molecule has 2 aromatic rings. The van der Waals surface area contributed by atoms with Crippen LogP contribution in [0.4, 0.5) is 5.69 Å². The zero-order valence-corrected chi connectivity index (χ0v) is 11.6. The molecule has 0 unspecified atom stereocenters. The van der Waals surface area contributed by atoms with E-state index < -0.39 is 0 Å². The lowest BCUT2D eigenvalue weighted by molar-refractivity contribution is 0.399. The molecule has 100 valence electrons. The Morgan fingerprint density at radius 1 is 1.21 bits per heavy atom. The minimum atomic E-state index is 0.575. The topological polar surface area (TPSA) is 43.4 Å². The molecular formula is C14H15ClN2O2. The highest BCUT2D eigenvalue weighted by Crippen LogP contribution is 2.26. The number of hydrogen-bond acceptors (Lipinski definition) is 4. The first-order valence-corrected chi connectivity index (χ1v) is 6.16. The molecule has 0 aliphatic heterocycles. The Morgan fingerprint density at radius 3 is 2.74 bits per heavy atom. The van der Waals surface area contributed by atoms with E-state index >= 15 is 0 Å². The summed E-state index contributed by atoms with van der Waals surface area (Å²) < 4.78 is 10.5. The fourth-order valence-corrected chi connectivity index (χ4v) is 1.89. The van der Waals surface area contributed by atoms with Crippen LogP contribution in [0.25, 0.3) is 0 Å². The van der Waals surface area contributed by atoms with Crippen molar-refractivity contribution < 1.29 is 9.47 Å². The van der Waals surface area contributed by atoms with Gasteiger partial charge < -0.3 is 14.8 Å². The zero-order chi connectivity index (χ0) is 13.7. The number of methoxy groups -OCH3 is 2. The molecule has 4 nitrogen and oxygen atoms in total. The number of nitrogens with zero attached hydrogens (tertiary/aromatic N) is 1. The van der Waals surface area contributed by atoms with Gasteiger partial charge in [-0.05, 0) is 24.3 Å². The van der Waals surface area contributed by atoms with Crippen molar-refractivity contribution >= 4 is 17.3 Å². The lowest BCUT2D eigenvalue weighted by Crippen LogP contribution is -2.03. The normalized spacial score (nSPS) is 10.1. The molecule has 0 amide bonds. The molecule has 0 fully saturated rings. The smallest absolute Gasteiger partial charge is 0.124 e. The number of aromatic nitrogens is 1. The van der Waals surface area contributed by atoms with Crippen LogP contribution in [0.3, 0.4) is 0 Å². The Bertz CT molecular complexity index is 561. The van der Waals surface area contributed by atoms with Gasteiger partial charge in [0, 0.05) is 18.3 Å². The third-order valence-corrected chi connectivity index (χ3v) is 3.05. The standard InChI is InChI=1S/C14H15ClN2O2/c1-18-11-3-4-14(19-2)10(7-11)8-17-13-9-16-6-5-12(13)15/h3-7,9,17H,8H2,1-2H3. The fourth-order valence-electron chi connectivity index (χ4n) is 1.72. The largest absolute Gasteiger partial charge is 0.497 e. The van der Waals surface area contributed by atoms with Crippen LogP contribution in [0.15, 0.2) is 36.7 Å². The molecule has 0 saturated carbocycles. The van der Waals surface area contributed by atoms with E-state index in [0.29, 0.717) is 11.6 Å². The van der Waals surface area contributed by atoms with Gasteiger partial charge in [0.1, 0.15) is 11.5 Å². The quantitative estimate of drug-likeness (QED) is 0.911. The van der Waals surface area contributed by atoms with Crippen LogP contribution >= 0.6 is 11.6 Å². The van der Waals surface area contributed by atoms with Gasteiger partial charge in [0.05, 0.1) is 31.1 Å². The number of pyridine rings is 1. The van der Waals surface area contributed by atoms with Crippen molar-refractivity contribution in [3.63, 3.8) is 0 Å². The highest BCUT2D eigenvalue weighted by Gasteiger charge is 2.06. The third-order valence-electron chi connectivity index (χ3n) is 2.72. The molecule has 0 atom stereocenters. The van der Waals surface area contributed by atoms with E-state index in [1.165, 1.54) is 0 Å². The first-order valence-electron chi connectivity index (χ1n) is 5.79. The average Bonchev–Trinajstić information content (AvgIpc) is 2.46. The van der Waals surface area contributed by atoms with Gasteiger partial charge in [-0.3, -0.25) is 4.98 Å². The minimum Gasteiger partial charge on any atom is -0.497 e. The predicted octanol–water partition coefficient (Wildman–Crippen LogP) is 3.36. The van der Waals surface area contributed by atoms with Gasteiger partial charge in [-0.1, -0.05) is 11.6 Å². The van der Waals surface area contributed by atoms with Gasteiger partial charge >= 0.3 is 0 Å². The van der Waals surface area contributed by atoms with Crippen molar-refractivity contribution in [1.29, 1.82) is 0 Å². The number of nitrogens with one attached hydrogen (secondary N) is 1. The Balaban J connectivity index is 2.16. The monoisotopic (exact) mass is 278 g/mol.